The molecule has 4 heteroatoms. The van der Waals surface area contributed by atoms with Gasteiger partial charge in [0.15, 0.2) is 0 Å². The lowest BCUT2D eigenvalue weighted by molar-refractivity contribution is 0.0282. The van der Waals surface area contributed by atoms with E-state index in [-0.39, 0.29) is 17.6 Å². The highest BCUT2D eigenvalue weighted by atomic mass is 19.1. The standard InChI is InChI=1S/C23H26FNO2/c1-16-8-9-17(14-21(16)24)13-18-5-2-3-7-20(18)22(26)25-12-4-6-19(15-25)23(27)10-11-23/h2-3,5,7-9,14,19,27H,4,6,10-13,15H2,1H3. The van der Waals surface area contributed by atoms with E-state index in [4.69, 9.17) is 0 Å². The molecule has 2 aromatic carbocycles. The predicted octanol–water partition coefficient (Wildman–Crippen LogP) is 4.10. The molecular formula is C23H26FNO2. The van der Waals surface area contributed by atoms with Crippen molar-refractivity contribution in [2.45, 2.75) is 44.6 Å². The first-order valence-electron chi connectivity index (χ1n) is 9.81. The highest BCUT2D eigenvalue weighted by molar-refractivity contribution is 5.96. The summed E-state index contributed by atoms with van der Waals surface area (Å²) in [7, 11) is 0. The summed E-state index contributed by atoms with van der Waals surface area (Å²) >= 11 is 0. The highest BCUT2D eigenvalue weighted by Gasteiger charge is 2.49. The van der Waals surface area contributed by atoms with Crippen LogP contribution in [0, 0.1) is 18.7 Å². The third-order valence-electron chi connectivity index (χ3n) is 6.11. The van der Waals surface area contributed by atoms with Gasteiger partial charge in [-0.3, -0.25) is 4.79 Å². The molecule has 0 aromatic heterocycles. The maximum atomic E-state index is 13.9. The molecule has 27 heavy (non-hydrogen) atoms. The Bertz CT molecular complexity index is 859. The normalized spacial score (nSPS) is 21.1. The number of likely N-dealkylation sites (tertiary alicyclic amines) is 1. The van der Waals surface area contributed by atoms with E-state index in [2.05, 4.69) is 0 Å². The molecule has 1 N–H and O–H groups in total. The molecule has 1 atom stereocenters. The van der Waals surface area contributed by atoms with Crippen LogP contribution >= 0.6 is 0 Å². The second-order valence-corrected chi connectivity index (χ2v) is 8.11. The number of hydrogen-bond acceptors (Lipinski definition) is 2. The molecule has 0 spiro atoms. The molecule has 1 saturated heterocycles. The van der Waals surface area contributed by atoms with Crippen molar-refractivity contribution in [1.29, 1.82) is 0 Å². The molecule has 1 aliphatic heterocycles. The van der Waals surface area contributed by atoms with Gasteiger partial charge in [0, 0.05) is 24.6 Å². The number of carbonyl (C=O) groups is 1. The Morgan fingerprint density at radius 1 is 1.26 bits per heavy atom. The van der Waals surface area contributed by atoms with E-state index < -0.39 is 5.60 Å². The van der Waals surface area contributed by atoms with E-state index in [9.17, 15) is 14.3 Å². The average molecular weight is 367 g/mol. The predicted molar refractivity (Wildman–Crippen MR) is 103 cm³/mol. The van der Waals surface area contributed by atoms with Gasteiger partial charge in [0.1, 0.15) is 5.82 Å². The zero-order valence-corrected chi connectivity index (χ0v) is 15.7. The van der Waals surface area contributed by atoms with Crippen molar-refractivity contribution < 1.29 is 14.3 Å². The second kappa shape index (κ2) is 7.08. The largest absolute Gasteiger partial charge is 0.390 e. The molecule has 2 aliphatic rings. The minimum atomic E-state index is -0.544. The summed E-state index contributed by atoms with van der Waals surface area (Å²) in [6, 6.07) is 12.8. The molecule has 1 aliphatic carbocycles. The Labute approximate surface area is 159 Å². The van der Waals surface area contributed by atoms with Gasteiger partial charge in [-0.05, 0) is 67.9 Å². The molecule has 4 rings (SSSR count). The van der Waals surface area contributed by atoms with Crippen LogP contribution in [0.4, 0.5) is 4.39 Å². The average Bonchev–Trinajstić information content (AvgIpc) is 3.44. The van der Waals surface area contributed by atoms with Crippen molar-refractivity contribution >= 4 is 5.91 Å². The fourth-order valence-electron chi connectivity index (χ4n) is 4.16. The Morgan fingerprint density at radius 3 is 2.78 bits per heavy atom. The topological polar surface area (TPSA) is 40.5 Å². The Kier molecular flexibility index (Phi) is 4.77. The molecule has 0 bridgehead atoms. The van der Waals surface area contributed by atoms with Crippen LogP contribution in [0.1, 0.15) is 52.7 Å². The number of piperidine rings is 1. The van der Waals surface area contributed by atoms with Gasteiger partial charge >= 0.3 is 0 Å². The first-order chi connectivity index (χ1) is 13.0. The molecule has 2 aromatic rings. The van der Waals surface area contributed by atoms with Crippen LogP contribution in [0.25, 0.3) is 0 Å². The summed E-state index contributed by atoms with van der Waals surface area (Å²) in [5, 5.41) is 10.4. The molecule has 1 amide bonds. The monoisotopic (exact) mass is 367 g/mol. The van der Waals surface area contributed by atoms with Crippen molar-refractivity contribution in [1.82, 2.24) is 4.90 Å². The zero-order chi connectivity index (χ0) is 19.0. The lowest BCUT2D eigenvalue weighted by atomic mass is 9.90. The molecule has 3 nitrogen and oxygen atoms in total. The van der Waals surface area contributed by atoms with Crippen molar-refractivity contribution in [2.24, 2.45) is 5.92 Å². The SMILES string of the molecule is Cc1ccc(Cc2ccccc2C(=O)N2CCCC(C3(O)CC3)C2)cc1F. The van der Waals surface area contributed by atoms with E-state index in [0.29, 0.717) is 24.1 Å². The minimum absolute atomic E-state index is 0.0205. The summed E-state index contributed by atoms with van der Waals surface area (Å²) in [5.74, 6) is -0.00597. The number of aryl methyl sites for hydroxylation is 1. The van der Waals surface area contributed by atoms with Gasteiger partial charge in [-0.15, -0.1) is 0 Å². The van der Waals surface area contributed by atoms with Gasteiger partial charge in [-0.2, -0.15) is 0 Å². The number of rotatable bonds is 4. The molecular weight excluding hydrogens is 341 g/mol. The van der Waals surface area contributed by atoms with Gasteiger partial charge in [0.25, 0.3) is 5.91 Å². The van der Waals surface area contributed by atoms with Crippen LogP contribution in [0.2, 0.25) is 0 Å². The first-order valence-corrected chi connectivity index (χ1v) is 9.81. The van der Waals surface area contributed by atoms with Gasteiger partial charge in [-0.25, -0.2) is 4.39 Å². The summed E-state index contributed by atoms with van der Waals surface area (Å²) in [6.07, 6.45) is 4.17. The van der Waals surface area contributed by atoms with Crippen molar-refractivity contribution in [3.8, 4) is 0 Å². The number of hydrogen-bond donors (Lipinski definition) is 1. The van der Waals surface area contributed by atoms with Crippen molar-refractivity contribution in [3.05, 3.63) is 70.5 Å². The van der Waals surface area contributed by atoms with Crippen molar-refractivity contribution in [3.63, 3.8) is 0 Å². The summed E-state index contributed by atoms with van der Waals surface area (Å²) in [6.45, 7) is 3.11. The van der Waals surface area contributed by atoms with Crippen LogP contribution in [0.5, 0.6) is 0 Å². The minimum Gasteiger partial charge on any atom is -0.390 e. The smallest absolute Gasteiger partial charge is 0.254 e. The van der Waals surface area contributed by atoms with E-state index in [1.807, 2.05) is 35.2 Å². The van der Waals surface area contributed by atoms with E-state index in [1.54, 1.807) is 19.1 Å². The van der Waals surface area contributed by atoms with E-state index >= 15 is 0 Å². The van der Waals surface area contributed by atoms with E-state index in [1.165, 1.54) is 0 Å². The first kappa shape index (κ1) is 18.2. The van der Waals surface area contributed by atoms with Gasteiger partial charge < -0.3 is 10.0 Å². The number of halogens is 1. The lowest BCUT2D eigenvalue weighted by Gasteiger charge is -2.35. The maximum Gasteiger partial charge on any atom is 0.254 e. The van der Waals surface area contributed by atoms with E-state index in [0.717, 1.165) is 43.4 Å². The van der Waals surface area contributed by atoms with Crippen LogP contribution in [0.3, 0.4) is 0 Å². The molecule has 1 unspecified atom stereocenters. The quantitative estimate of drug-likeness (QED) is 0.884. The van der Waals surface area contributed by atoms with Crippen LogP contribution in [-0.4, -0.2) is 34.6 Å². The number of carbonyl (C=O) groups excluding carboxylic acids is 1. The number of amides is 1. The van der Waals surface area contributed by atoms with Crippen LogP contribution in [-0.2, 0) is 6.42 Å². The number of nitrogens with zero attached hydrogens (tertiary/aromatic N) is 1. The molecule has 2 fully saturated rings. The fourth-order valence-corrected chi connectivity index (χ4v) is 4.16. The second-order valence-electron chi connectivity index (χ2n) is 8.11. The molecule has 142 valence electrons. The van der Waals surface area contributed by atoms with Crippen LogP contribution < -0.4 is 0 Å². The maximum absolute atomic E-state index is 13.9. The van der Waals surface area contributed by atoms with Gasteiger partial charge in [-0.1, -0.05) is 30.3 Å². The highest BCUT2D eigenvalue weighted by Crippen LogP contribution is 2.45. The molecule has 1 saturated carbocycles. The molecule has 0 radical (unpaired) electrons. The third-order valence-corrected chi connectivity index (χ3v) is 6.11. The summed E-state index contributed by atoms with van der Waals surface area (Å²) < 4.78 is 13.9. The number of benzene rings is 2. The zero-order valence-electron chi connectivity index (χ0n) is 15.7. The van der Waals surface area contributed by atoms with Gasteiger partial charge in [0.05, 0.1) is 5.60 Å². The Morgan fingerprint density at radius 2 is 2.04 bits per heavy atom. The van der Waals surface area contributed by atoms with Crippen LogP contribution in [0.15, 0.2) is 42.5 Å². The summed E-state index contributed by atoms with van der Waals surface area (Å²) in [5.41, 5.74) is 2.54. The lowest BCUT2D eigenvalue weighted by Crippen LogP contribution is -2.44. The summed E-state index contributed by atoms with van der Waals surface area (Å²) in [4.78, 5) is 15.1. The molecule has 1 heterocycles. The van der Waals surface area contributed by atoms with Gasteiger partial charge in [0.2, 0.25) is 0 Å². The fraction of sp³-hybridized carbons (Fsp3) is 0.435. The van der Waals surface area contributed by atoms with Crippen molar-refractivity contribution in [2.75, 3.05) is 13.1 Å². The Hall–Kier alpha value is -2.20. The number of aliphatic hydroxyl groups is 1. The third kappa shape index (κ3) is 3.77. The Balaban J connectivity index is 1.54.